The third-order valence-electron chi connectivity index (χ3n) is 5.12. The van der Waals surface area contributed by atoms with Gasteiger partial charge >= 0.3 is 0 Å². The van der Waals surface area contributed by atoms with Gasteiger partial charge in [0, 0.05) is 32.1 Å². The number of halogens is 2. The zero-order valence-electron chi connectivity index (χ0n) is 13.6. The number of hydrogen-bond donors (Lipinski definition) is 1. The highest BCUT2D eigenvalue weighted by molar-refractivity contribution is 6.41. The Kier molecular flexibility index (Phi) is 4.90. The molecule has 1 aromatic heterocycles. The zero-order valence-corrected chi connectivity index (χ0v) is 15.1. The molecule has 2 aromatic rings. The first-order valence-electron chi connectivity index (χ1n) is 8.04. The van der Waals surface area contributed by atoms with Crippen molar-refractivity contribution >= 4 is 29.1 Å². The third kappa shape index (κ3) is 2.94. The van der Waals surface area contributed by atoms with E-state index in [1.54, 1.807) is 17.7 Å². The maximum Gasteiger partial charge on any atom is 0.270 e. The molecular formula is C18H21Cl2N3O. The predicted molar refractivity (Wildman–Crippen MR) is 97.7 cm³/mol. The Morgan fingerprint density at radius 3 is 2.33 bits per heavy atom. The summed E-state index contributed by atoms with van der Waals surface area (Å²) in [7, 11) is 1.75. The second-order valence-electron chi connectivity index (χ2n) is 6.37. The molecule has 0 aliphatic carbocycles. The minimum atomic E-state index is -0.0540. The van der Waals surface area contributed by atoms with Gasteiger partial charge in [-0.15, -0.1) is 0 Å². The Bertz CT molecular complexity index is 734. The normalized spacial score (nSPS) is 17.1. The van der Waals surface area contributed by atoms with Gasteiger partial charge in [0.25, 0.3) is 5.91 Å². The lowest BCUT2D eigenvalue weighted by Crippen LogP contribution is -2.48. The van der Waals surface area contributed by atoms with E-state index >= 15 is 0 Å². The number of carbonyl (C=O) groups excluding carboxylic acids is 1. The van der Waals surface area contributed by atoms with Gasteiger partial charge < -0.3 is 15.2 Å². The number of benzene rings is 1. The summed E-state index contributed by atoms with van der Waals surface area (Å²) in [6.07, 6.45) is 1.70. The lowest BCUT2D eigenvalue weighted by molar-refractivity contribution is 0.0660. The molecule has 0 radical (unpaired) electrons. The standard InChI is InChI=1S/C18H21Cl2N3O/c1-22-15(11-14(19)16(22)20)17(24)23-9-7-18(12-21,8-10-23)13-5-3-2-4-6-13/h2-6,11H,7-10,12,21H2,1H3. The molecule has 1 aliphatic heterocycles. The van der Waals surface area contributed by atoms with E-state index < -0.39 is 0 Å². The van der Waals surface area contributed by atoms with Crippen molar-refractivity contribution < 1.29 is 4.79 Å². The molecule has 2 heterocycles. The van der Waals surface area contributed by atoms with Gasteiger partial charge in [-0.2, -0.15) is 0 Å². The molecule has 24 heavy (non-hydrogen) atoms. The van der Waals surface area contributed by atoms with Crippen LogP contribution in [0.2, 0.25) is 10.2 Å². The number of rotatable bonds is 3. The number of amides is 1. The number of carbonyl (C=O) groups is 1. The van der Waals surface area contributed by atoms with Crippen molar-refractivity contribution in [3.05, 3.63) is 57.8 Å². The molecule has 1 aliphatic rings. The number of likely N-dealkylation sites (tertiary alicyclic amines) is 1. The van der Waals surface area contributed by atoms with Gasteiger partial charge in [-0.05, 0) is 24.5 Å². The fourth-order valence-corrected chi connectivity index (χ4v) is 3.83. The molecule has 128 valence electrons. The van der Waals surface area contributed by atoms with Crippen LogP contribution >= 0.6 is 23.2 Å². The second kappa shape index (κ2) is 6.79. The van der Waals surface area contributed by atoms with Crippen LogP contribution in [-0.4, -0.2) is 35.0 Å². The van der Waals surface area contributed by atoms with E-state index in [4.69, 9.17) is 28.9 Å². The molecule has 0 unspecified atom stereocenters. The van der Waals surface area contributed by atoms with Gasteiger partial charge in [-0.25, -0.2) is 0 Å². The molecule has 1 aromatic carbocycles. The van der Waals surface area contributed by atoms with Crippen LogP contribution in [0.4, 0.5) is 0 Å². The van der Waals surface area contributed by atoms with Crippen LogP contribution in [0.5, 0.6) is 0 Å². The summed E-state index contributed by atoms with van der Waals surface area (Å²) >= 11 is 12.1. The van der Waals surface area contributed by atoms with Crippen LogP contribution in [0.3, 0.4) is 0 Å². The molecule has 0 bridgehead atoms. The lowest BCUT2D eigenvalue weighted by Gasteiger charge is -2.41. The quantitative estimate of drug-likeness (QED) is 0.905. The monoisotopic (exact) mass is 365 g/mol. The van der Waals surface area contributed by atoms with Crippen molar-refractivity contribution in [1.82, 2.24) is 9.47 Å². The number of nitrogens with two attached hydrogens (primary N) is 1. The second-order valence-corrected chi connectivity index (χ2v) is 7.14. The van der Waals surface area contributed by atoms with Crippen molar-refractivity contribution in [2.24, 2.45) is 12.8 Å². The number of piperidine rings is 1. The number of hydrogen-bond acceptors (Lipinski definition) is 2. The minimum absolute atomic E-state index is 0.0371. The molecule has 1 amide bonds. The van der Waals surface area contributed by atoms with Crippen LogP contribution in [0, 0.1) is 0 Å². The predicted octanol–water partition coefficient (Wildman–Crippen LogP) is 3.46. The Balaban J connectivity index is 1.77. The average Bonchev–Trinajstić information content (AvgIpc) is 2.89. The minimum Gasteiger partial charge on any atom is -0.337 e. The van der Waals surface area contributed by atoms with Gasteiger partial charge in [-0.1, -0.05) is 53.5 Å². The summed E-state index contributed by atoms with van der Waals surface area (Å²) in [5, 5.41) is 0.790. The summed E-state index contributed by atoms with van der Waals surface area (Å²) in [6, 6.07) is 12.0. The van der Waals surface area contributed by atoms with Gasteiger partial charge in [0.1, 0.15) is 10.8 Å². The molecular weight excluding hydrogens is 345 g/mol. The summed E-state index contributed by atoms with van der Waals surface area (Å²) in [5.74, 6) is -0.0371. The number of aromatic nitrogens is 1. The topological polar surface area (TPSA) is 51.3 Å². The van der Waals surface area contributed by atoms with E-state index in [1.165, 1.54) is 5.56 Å². The van der Waals surface area contributed by atoms with Crippen LogP contribution in [0.25, 0.3) is 0 Å². The molecule has 1 saturated heterocycles. The largest absolute Gasteiger partial charge is 0.337 e. The first-order chi connectivity index (χ1) is 11.5. The number of nitrogens with zero attached hydrogens (tertiary/aromatic N) is 2. The molecule has 0 saturated carbocycles. The maximum absolute atomic E-state index is 12.8. The van der Waals surface area contributed by atoms with E-state index in [0.717, 1.165) is 12.8 Å². The van der Waals surface area contributed by atoms with Gasteiger partial charge in [0.2, 0.25) is 0 Å². The SMILES string of the molecule is Cn1c(C(=O)N2CCC(CN)(c3ccccc3)CC2)cc(Cl)c1Cl. The maximum atomic E-state index is 12.8. The Hall–Kier alpha value is -1.49. The fraction of sp³-hybridized carbons (Fsp3) is 0.389. The first-order valence-corrected chi connectivity index (χ1v) is 8.80. The van der Waals surface area contributed by atoms with Crippen molar-refractivity contribution in [1.29, 1.82) is 0 Å². The van der Waals surface area contributed by atoms with Crippen LogP contribution in [0.1, 0.15) is 28.9 Å². The summed E-state index contributed by atoms with van der Waals surface area (Å²) in [6.45, 7) is 1.93. The molecule has 6 heteroatoms. The van der Waals surface area contributed by atoms with E-state index in [-0.39, 0.29) is 11.3 Å². The Morgan fingerprint density at radius 1 is 1.21 bits per heavy atom. The van der Waals surface area contributed by atoms with Crippen molar-refractivity contribution in [2.45, 2.75) is 18.3 Å². The van der Waals surface area contributed by atoms with Crippen LogP contribution < -0.4 is 5.73 Å². The van der Waals surface area contributed by atoms with Crippen LogP contribution in [-0.2, 0) is 12.5 Å². The summed E-state index contributed by atoms with van der Waals surface area (Å²) in [5.41, 5.74) is 7.83. The van der Waals surface area contributed by atoms with Crippen molar-refractivity contribution in [2.75, 3.05) is 19.6 Å². The zero-order chi connectivity index (χ0) is 17.3. The lowest BCUT2D eigenvalue weighted by atomic mass is 9.73. The van der Waals surface area contributed by atoms with E-state index in [9.17, 15) is 4.79 Å². The van der Waals surface area contributed by atoms with E-state index in [1.807, 2.05) is 23.1 Å². The molecule has 1 fully saturated rings. The van der Waals surface area contributed by atoms with Gasteiger partial charge in [0.15, 0.2) is 0 Å². The van der Waals surface area contributed by atoms with Gasteiger partial charge in [-0.3, -0.25) is 4.79 Å². The highest BCUT2D eigenvalue weighted by atomic mass is 35.5. The Morgan fingerprint density at radius 2 is 1.83 bits per heavy atom. The van der Waals surface area contributed by atoms with Crippen LogP contribution in [0.15, 0.2) is 36.4 Å². The Labute approximate surface area is 152 Å². The highest BCUT2D eigenvalue weighted by Gasteiger charge is 2.37. The molecule has 3 rings (SSSR count). The van der Waals surface area contributed by atoms with Crippen molar-refractivity contribution in [3.63, 3.8) is 0 Å². The first kappa shape index (κ1) is 17.3. The molecule has 2 N–H and O–H groups in total. The third-order valence-corrected chi connectivity index (χ3v) is 5.96. The average molecular weight is 366 g/mol. The van der Waals surface area contributed by atoms with E-state index in [2.05, 4.69) is 12.1 Å². The molecule has 0 spiro atoms. The van der Waals surface area contributed by atoms with Crippen molar-refractivity contribution in [3.8, 4) is 0 Å². The smallest absolute Gasteiger partial charge is 0.270 e. The fourth-order valence-electron chi connectivity index (χ4n) is 3.45. The molecule has 0 atom stereocenters. The van der Waals surface area contributed by atoms with Gasteiger partial charge in [0.05, 0.1) is 5.02 Å². The highest BCUT2D eigenvalue weighted by Crippen LogP contribution is 2.35. The summed E-state index contributed by atoms with van der Waals surface area (Å²) in [4.78, 5) is 14.6. The molecule has 4 nitrogen and oxygen atoms in total. The van der Waals surface area contributed by atoms with E-state index in [0.29, 0.717) is 35.5 Å². The summed E-state index contributed by atoms with van der Waals surface area (Å²) < 4.78 is 1.63.